The largest absolute Gasteiger partial charge is 0.481 e. The Morgan fingerprint density at radius 3 is 2.71 bits per heavy atom. The van der Waals surface area contributed by atoms with Gasteiger partial charge in [0.1, 0.15) is 17.2 Å². The summed E-state index contributed by atoms with van der Waals surface area (Å²) in [4.78, 5) is 28.7. The molecule has 0 aliphatic heterocycles. The molecule has 2 atom stereocenters. The number of hydrogen-bond donors (Lipinski definition) is 3. The molecule has 7 nitrogen and oxygen atoms in total. The minimum atomic E-state index is -0.863. The van der Waals surface area contributed by atoms with Gasteiger partial charge in [0.2, 0.25) is 0 Å². The van der Waals surface area contributed by atoms with Crippen molar-refractivity contribution >= 4 is 34.2 Å². The molecule has 7 rings (SSSR count). The first-order chi connectivity index (χ1) is 16.5. The number of halogens is 2. The molecule has 4 aromatic heterocycles. The number of aliphatic carboxylic acids is 1. The van der Waals surface area contributed by atoms with Crippen LogP contribution in [0.15, 0.2) is 36.0 Å². The van der Waals surface area contributed by atoms with Crippen LogP contribution >= 0.6 is 11.3 Å². The molecule has 0 saturated heterocycles. The lowest BCUT2D eigenvalue weighted by molar-refractivity contribution is -0.148. The molecular weight excluding hydrogens is 460 g/mol. The molecule has 4 heterocycles. The number of rotatable bonds is 5. The van der Waals surface area contributed by atoms with Gasteiger partial charge in [-0.2, -0.15) is 0 Å². The highest BCUT2D eigenvalue weighted by Crippen LogP contribution is 2.47. The van der Waals surface area contributed by atoms with Crippen molar-refractivity contribution in [1.82, 2.24) is 19.9 Å². The number of carbonyl (C=O) groups is 1. The van der Waals surface area contributed by atoms with Crippen molar-refractivity contribution in [2.75, 3.05) is 5.32 Å². The van der Waals surface area contributed by atoms with Gasteiger partial charge in [-0.25, -0.2) is 23.7 Å². The molecular formula is C24H21F2N5O2S. The Balaban J connectivity index is 1.49. The molecule has 3 fully saturated rings. The van der Waals surface area contributed by atoms with Crippen molar-refractivity contribution in [2.45, 2.75) is 31.7 Å². The number of nitrogens with one attached hydrogen (secondary N) is 2. The number of hydrogen-bond acceptors (Lipinski definition) is 6. The molecule has 10 heteroatoms. The van der Waals surface area contributed by atoms with Gasteiger partial charge >= 0.3 is 5.97 Å². The fourth-order valence-electron chi connectivity index (χ4n) is 5.57. The summed E-state index contributed by atoms with van der Waals surface area (Å²) in [6, 6.07) is 4.49. The van der Waals surface area contributed by atoms with Crippen molar-refractivity contribution in [1.29, 1.82) is 0 Å². The highest BCUT2D eigenvalue weighted by atomic mass is 32.1. The van der Waals surface area contributed by atoms with Crippen LogP contribution in [-0.2, 0) is 4.79 Å². The molecule has 34 heavy (non-hydrogen) atoms. The van der Waals surface area contributed by atoms with Crippen LogP contribution in [-0.4, -0.2) is 37.1 Å². The lowest BCUT2D eigenvalue weighted by atomic mass is 9.61. The SMILES string of the molecule is O=C(O)C1C2CCC(CC2)C1Nc1nc(-c2c[nH]c3ncc(F)cc23)nc(-c2cccs2)c1F. The number of nitrogens with zero attached hydrogens (tertiary/aromatic N) is 3. The molecule has 0 aromatic carbocycles. The van der Waals surface area contributed by atoms with Crippen LogP contribution in [0.2, 0.25) is 0 Å². The van der Waals surface area contributed by atoms with E-state index in [1.165, 1.54) is 17.4 Å². The Morgan fingerprint density at radius 2 is 1.97 bits per heavy atom. The van der Waals surface area contributed by atoms with Gasteiger partial charge in [-0.3, -0.25) is 4.79 Å². The fraction of sp³-hybridized carbons (Fsp3) is 0.333. The summed E-state index contributed by atoms with van der Waals surface area (Å²) >= 11 is 1.34. The molecule has 2 unspecified atom stereocenters. The lowest BCUT2D eigenvalue weighted by Crippen LogP contribution is -2.51. The molecule has 2 bridgehead atoms. The van der Waals surface area contributed by atoms with E-state index in [9.17, 15) is 14.3 Å². The van der Waals surface area contributed by atoms with Crippen LogP contribution < -0.4 is 5.32 Å². The summed E-state index contributed by atoms with van der Waals surface area (Å²) in [5.41, 5.74) is 1.07. The number of aromatic amines is 1. The second kappa shape index (κ2) is 8.12. The molecule has 3 aliphatic carbocycles. The monoisotopic (exact) mass is 481 g/mol. The number of carboxylic acids is 1. The molecule has 174 valence electrons. The highest BCUT2D eigenvalue weighted by molar-refractivity contribution is 7.13. The van der Waals surface area contributed by atoms with Crippen molar-refractivity contribution in [3.63, 3.8) is 0 Å². The maximum absolute atomic E-state index is 15.8. The number of thiophene rings is 1. The van der Waals surface area contributed by atoms with Gasteiger partial charge in [0, 0.05) is 23.2 Å². The van der Waals surface area contributed by atoms with Crippen molar-refractivity contribution in [2.24, 2.45) is 17.8 Å². The quantitative estimate of drug-likeness (QED) is 0.356. The average Bonchev–Trinajstić information content (AvgIpc) is 3.51. The summed E-state index contributed by atoms with van der Waals surface area (Å²) in [5, 5.41) is 15.4. The first-order valence-electron chi connectivity index (χ1n) is 11.2. The van der Waals surface area contributed by atoms with E-state index in [2.05, 4.69) is 25.3 Å². The second-order valence-corrected chi connectivity index (χ2v) is 9.94. The number of aromatic nitrogens is 4. The van der Waals surface area contributed by atoms with E-state index in [0.29, 0.717) is 21.5 Å². The van der Waals surface area contributed by atoms with Crippen molar-refractivity contribution < 1.29 is 18.7 Å². The number of anilines is 1. The maximum Gasteiger partial charge on any atom is 0.308 e. The summed E-state index contributed by atoms with van der Waals surface area (Å²) in [6.07, 6.45) is 6.32. The molecule has 3 saturated carbocycles. The maximum atomic E-state index is 15.8. The van der Waals surface area contributed by atoms with Gasteiger partial charge in [0.05, 0.1) is 17.0 Å². The number of fused-ring (bicyclic) bond motifs is 4. The van der Waals surface area contributed by atoms with Gasteiger partial charge in [-0.1, -0.05) is 6.07 Å². The first kappa shape index (κ1) is 21.2. The van der Waals surface area contributed by atoms with Crippen molar-refractivity contribution in [3.05, 3.63) is 47.6 Å². The first-order valence-corrected chi connectivity index (χ1v) is 12.1. The van der Waals surface area contributed by atoms with Crippen LogP contribution in [0.3, 0.4) is 0 Å². The van der Waals surface area contributed by atoms with Gasteiger partial charge in [0.15, 0.2) is 17.5 Å². The zero-order valence-electron chi connectivity index (χ0n) is 18.0. The Kier molecular flexibility index (Phi) is 5.05. The van der Waals surface area contributed by atoms with E-state index in [0.717, 1.165) is 31.9 Å². The summed E-state index contributed by atoms with van der Waals surface area (Å²) in [7, 11) is 0. The van der Waals surface area contributed by atoms with E-state index in [4.69, 9.17) is 0 Å². The Hall–Kier alpha value is -3.40. The summed E-state index contributed by atoms with van der Waals surface area (Å²) < 4.78 is 29.7. The van der Waals surface area contributed by atoms with Crippen LogP contribution in [0.25, 0.3) is 33.0 Å². The minimum absolute atomic E-state index is 0.0316. The molecule has 3 aliphatic rings. The zero-order valence-corrected chi connectivity index (χ0v) is 18.8. The number of H-pyrrole nitrogens is 1. The van der Waals surface area contributed by atoms with E-state index in [-0.39, 0.29) is 29.2 Å². The van der Waals surface area contributed by atoms with Crippen LogP contribution in [0, 0.1) is 29.4 Å². The molecule has 3 N–H and O–H groups in total. The third-order valence-corrected chi connectivity index (χ3v) is 8.03. The summed E-state index contributed by atoms with van der Waals surface area (Å²) in [5.74, 6) is -2.20. The second-order valence-electron chi connectivity index (χ2n) is 9.00. The van der Waals surface area contributed by atoms with E-state index in [1.54, 1.807) is 18.3 Å². The van der Waals surface area contributed by atoms with Crippen molar-refractivity contribution in [3.8, 4) is 22.0 Å². The fourth-order valence-corrected chi connectivity index (χ4v) is 6.28. The zero-order chi connectivity index (χ0) is 23.4. The van der Waals surface area contributed by atoms with Gasteiger partial charge in [-0.15, -0.1) is 11.3 Å². The third-order valence-electron chi connectivity index (χ3n) is 7.15. The highest BCUT2D eigenvalue weighted by Gasteiger charge is 2.47. The van der Waals surface area contributed by atoms with Gasteiger partial charge in [-0.05, 0) is 55.0 Å². The number of carboxylic acid groups (broad SMARTS) is 1. The Morgan fingerprint density at radius 1 is 1.18 bits per heavy atom. The summed E-state index contributed by atoms with van der Waals surface area (Å²) in [6.45, 7) is 0. The van der Waals surface area contributed by atoms with Gasteiger partial charge in [0.25, 0.3) is 0 Å². The molecule has 0 radical (unpaired) electrons. The van der Waals surface area contributed by atoms with Crippen LogP contribution in [0.5, 0.6) is 0 Å². The van der Waals surface area contributed by atoms with Crippen LogP contribution in [0.1, 0.15) is 25.7 Å². The third kappa shape index (κ3) is 3.44. The predicted molar refractivity (Wildman–Crippen MR) is 124 cm³/mol. The Bertz CT molecular complexity index is 1380. The Labute approximate surface area is 197 Å². The van der Waals surface area contributed by atoms with Gasteiger partial charge < -0.3 is 15.4 Å². The van der Waals surface area contributed by atoms with E-state index >= 15 is 4.39 Å². The van der Waals surface area contributed by atoms with E-state index < -0.39 is 29.6 Å². The molecule has 4 aromatic rings. The lowest BCUT2D eigenvalue weighted by Gasteiger charge is -2.47. The molecule has 0 amide bonds. The smallest absolute Gasteiger partial charge is 0.308 e. The van der Waals surface area contributed by atoms with E-state index in [1.807, 2.05) is 5.38 Å². The minimum Gasteiger partial charge on any atom is -0.481 e. The average molecular weight is 482 g/mol. The predicted octanol–water partition coefficient (Wildman–Crippen LogP) is 5.33. The normalized spacial score (nSPS) is 23.9. The number of pyridine rings is 1. The topological polar surface area (TPSA) is 104 Å². The standard InChI is InChI=1S/C24H21F2N5O2S/c25-13-8-14-15(10-28-21(14)27-9-13)22-30-20(16-2-1-7-34-16)18(26)23(31-22)29-19-12-5-3-11(4-6-12)17(19)24(32)33/h1-2,7-12,17,19H,3-6H2,(H,27,28)(H,32,33)(H,29,30,31). The molecule has 0 spiro atoms. The van der Waals surface area contributed by atoms with Crippen LogP contribution in [0.4, 0.5) is 14.6 Å².